The zero-order valence-electron chi connectivity index (χ0n) is 11.8. The highest BCUT2D eigenvalue weighted by Crippen LogP contribution is 2.11. The summed E-state index contributed by atoms with van der Waals surface area (Å²) in [5, 5.41) is 1.19. The van der Waals surface area contributed by atoms with Crippen molar-refractivity contribution in [3.8, 4) is 0 Å². The SMILES string of the molecule is O=c1[nH]c(COCCc2cccc(Cl)c2)nc2ncccc12. The summed E-state index contributed by atoms with van der Waals surface area (Å²) in [6.45, 7) is 0.757. The van der Waals surface area contributed by atoms with E-state index in [4.69, 9.17) is 16.3 Å². The normalized spacial score (nSPS) is 11.0. The minimum atomic E-state index is -0.202. The van der Waals surface area contributed by atoms with Crippen molar-refractivity contribution in [1.29, 1.82) is 0 Å². The van der Waals surface area contributed by atoms with E-state index in [1.807, 2.05) is 24.3 Å². The smallest absolute Gasteiger partial charge is 0.260 e. The van der Waals surface area contributed by atoms with E-state index in [1.165, 1.54) is 0 Å². The summed E-state index contributed by atoms with van der Waals surface area (Å²) in [5.74, 6) is 0.474. The van der Waals surface area contributed by atoms with E-state index < -0.39 is 0 Å². The van der Waals surface area contributed by atoms with Gasteiger partial charge < -0.3 is 9.72 Å². The number of hydrogen-bond acceptors (Lipinski definition) is 4. The van der Waals surface area contributed by atoms with E-state index in [9.17, 15) is 4.79 Å². The molecule has 1 aromatic carbocycles. The molecule has 0 saturated heterocycles. The zero-order valence-corrected chi connectivity index (χ0v) is 12.5. The van der Waals surface area contributed by atoms with Crippen LogP contribution < -0.4 is 5.56 Å². The van der Waals surface area contributed by atoms with Crippen molar-refractivity contribution in [2.45, 2.75) is 13.0 Å². The molecule has 0 saturated carbocycles. The van der Waals surface area contributed by atoms with Crippen molar-refractivity contribution in [2.24, 2.45) is 0 Å². The van der Waals surface area contributed by atoms with Gasteiger partial charge in [0.1, 0.15) is 12.4 Å². The van der Waals surface area contributed by atoms with Crippen LogP contribution in [0.3, 0.4) is 0 Å². The fraction of sp³-hybridized carbons (Fsp3) is 0.188. The lowest BCUT2D eigenvalue weighted by atomic mass is 10.2. The van der Waals surface area contributed by atoms with Crippen LogP contribution in [0.5, 0.6) is 0 Å². The topological polar surface area (TPSA) is 67.9 Å². The van der Waals surface area contributed by atoms with Gasteiger partial charge >= 0.3 is 0 Å². The second-order valence-electron chi connectivity index (χ2n) is 4.82. The van der Waals surface area contributed by atoms with Gasteiger partial charge in [-0.3, -0.25) is 4.79 Å². The third-order valence-electron chi connectivity index (χ3n) is 3.19. The van der Waals surface area contributed by atoms with E-state index in [0.29, 0.717) is 28.5 Å². The van der Waals surface area contributed by atoms with Crippen LogP contribution >= 0.6 is 11.6 Å². The van der Waals surface area contributed by atoms with Gasteiger partial charge in [0.2, 0.25) is 0 Å². The predicted octanol–water partition coefficient (Wildman–Crippen LogP) is 2.73. The summed E-state index contributed by atoms with van der Waals surface area (Å²) >= 11 is 5.93. The van der Waals surface area contributed by atoms with Crippen molar-refractivity contribution in [3.63, 3.8) is 0 Å². The Balaban J connectivity index is 1.61. The Labute approximate surface area is 132 Å². The van der Waals surface area contributed by atoms with Crippen LogP contribution in [0.4, 0.5) is 0 Å². The van der Waals surface area contributed by atoms with Gasteiger partial charge in [0.05, 0.1) is 12.0 Å². The molecule has 2 aromatic heterocycles. The van der Waals surface area contributed by atoms with Crippen LogP contribution in [-0.2, 0) is 17.8 Å². The van der Waals surface area contributed by atoms with E-state index in [-0.39, 0.29) is 12.2 Å². The number of fused-ring (bicyclic) bond motifs is 1. The van der Waals surface area contributed by atoms with E-state index >= 15 is 0 Å². The number of pyridine rings is 1. The van der Waals surface area contributed by atoms with Gasteiger partial charge in [-0.15, -0.1) is 0 Å². The molecular formula is C16H14ClN3O2. The molecule has 0 fully saturated rings. The summed E-state index contributed by atoms with van der Waals surface area (Å²) in [5.41, 5.74) is 1.33. The van der Waals surface area contributed by atoms with Crippen molar-refractivity contribution < 1.29 is 4.74 Å². The molecule has 3 aromatic rings. The van der Waals surface area contributed by atoms with Crippen molar-refractivity contribution in [3.05, 3.63) is 69.4 Å². The minimum Gasteiger partial charge on any atom is -0.373 e. The zero-order chi connectivity index (χ0) is 15.4. The summed E-state index contributed by atoms with van der Waals surface area (Å²) in [6.07, 6.45) is 2.36. The first-order chi connectivity index (χ1) is 10.7. The van der Waals surface area contributed by atoms with Gasteiger partial charge in [-0.05, 0) is 36.2 Å². The molecular weight excluding hydrogens is 302 g/mol. The average molecular weight is 316 g/mol. The van der Waals surface area contributed by atoms with Gasteiger partial charge in [-0.1, -0.05) is 23.7 Å². The molecule has 6 heteroatoms. The third-order valence-corrected chi connectivity index (χ3v) is 3.43. The quantitative estimate of drug-likeness (QED) is 0.735. The van der Waals surface area contributed by atoms with E-state index in [2.05, 4.69) is 15.0 Å². The molecule has 1 N–H and O–H groups in total. The molecule has 5 nitrogen and oxygen atoms in total. The number of nitrogens with one attached hydrogen (secondary N) is 1. The number of rotatable bonds is 5. The molecule has 0 aliphatic carbocycles. The lowest BCUT2D eigenvalue weighted by molar-refractivity contribution is 0.118. The Morgan fingerprint density at radius 1 is 1.23 bits per heavy atom. The highest BCUT2D eigenvalue weighted by atomic mass is 35.5. The first kappa shape index (κ1) is 14.7. The van der Waals surface area contributed by atoms with Gasteiger partial charge in [0.25, 0.3) is 5.56 Å². The van der Waals surface area contributed by atoms with Crippen LogP contribution in [0.1, 0.15) is 11.4 Å². The van der Waals surface area contributed by atoms with Gasteiger partial charge in [0, 0.05) is 11.2 Å². The van der Waals surface area contributed by atoms with Crippen molar-refractivity contribution in [1.82, 2.24) is 15.0 Å². The number of hydrogen-bond donors (Lipinski definition) is 1. The van der Waals surface area contributed by atoms with Crippen LogP contribution in [0.25, 0.3) is 11.0 Å². The van der Waals surface area contributed by atoms with Crippen molar-refractivity contribution in [2.75, 3.05) is 6.61 Å². The number of aromatic nitrogens is 3. The fourth-order valence-corrected chi connectivity index (χ4v) is 2.35. The Kier molecular flexibility index (Phi) is 4.46. The standard InChI is InChI=1S/C16H14ClN3O2/c17-12-4-1-3-11(9-12)6-8-22-10-14-19-15-13(16(21)20-14)5-2-7-18-15/h1-5,7,9H,6,8,10H2,(H,18,19,20,21). The molecule has 0 spiro atoms. The number of halogens is 1. The first-order valence-corrected chi connectivity index (χ1v) is 7.26. The Morgan fingerprint density at radius 3 is 3.00 bits per heavy atom. The molecule has 0 unspecified atom stereocenters. The Morgan fingerprint density at radius 2 is 2.14 bits per heavy atom. The van der Waals surface area contributed by atoms with Gasteiger partial charge in [-0.25, -0.2) is 9.97 Å². The van der Waals surface area contributed by atoms with Crippen LogP contribution in [0, 0.1) is 0 Å². The number of aromatic amines is 1. The van der Waals surface area contributed by atoms with Crippen LogP contribution in [-0.4, -0.2) is 21.6 Å². The molecule has 0 radical (unpaired) electrons. The Bertz CT molecular complexity index is 848. The molecule has 0 bridgehead atoms. The lowest BCUT2D eigenvalue weighted by Crippen LogP contribution is -2.13. The van der Waals surface area contributed by atoms with Crippen LogP contribution in [0.2, 0.25) is 5.02 Å². The first-order valence-electron chi connectivity index (χ1n) is 6.88. The second kappa shape index (κ2) is 6.68. The molecule has 0 aliphatic heterocycles. The Hall–Kier alpha value is -2.24. The summed E-state index contributed by atoms with van der Waals surface area (Å²) in [4.78, 5) is 23.0. The van der Waals surface area contributed by atoms with E-state index in [0.717, 1.165) is 12.0 Å². The van der Waals surface area contributed by atoms with Gasteiger partial charge in [-0.2, -0.15) is 0 Å². The highest BCUT2D eigenvalue weighted by Gasteiger charge is 2.04. The van der Waals surface area contributed by atoms with Crippen LogP contribution in [0.15, 0.2) is 47.4 Å². The average Bonchev–Trinajstić information content (AvgIpc) is 2.52. The third kappa shape index (κ3) is 3.50. The molecule has 0 aliphatic rings. The molecule has 112 valence electrons. The molecule has 0 amide bonds. The summed E-state index contributed by atoms with van der Waals surface area (Å²) in [6, 6.07) is 11.0. The maximum Gasteiger partial charge on any atom is 0.260 e. The second-order valence-corrected chi connectivity index (χ2v) is 5.26. The van der Waals surface area contributed by atoms with Gasteiger partial charge in [0.15, 0.2) is 5.65 Å². The molecule has 3 rings (SSSR count). The lowest BCUT2D eigenvalue weighted by Gasteiger charge is -2.05. The molecule has 22 heavy (non-hydrogen) atoms. The number of ether oxygens (including phenoxy) is 1. The summed E-state index contributed by atoms with van der Waals surface area (Å²) in [7, 11) is 0. The fourth-order valence-electron chi connectivity index (χ4n) is 2.14. The maximum absolute atomic E-state index is 11.9. The largest absolute Gasteiger partial charge is 0.373 e. The number of nitrogens with zero attached hydrogens (tertiary/aromatic N) is 2. The van der Waals surface area contributed by atoms with Crippen molar-refractivity contribution >= 4 is 22.6 Å². The number of benzene rings is 1. The predicted molar refractivity (Wildman–Crippen MR) is 85.0 cm³/mol. The maximum atomic E-state index is 11.9. The molecule has 0 atom stereocenters. The summed E-state index contributed by atoms with van der Waals surface area (Å²) < 4.78 is 5.56. The number of H-pyrrole nitrogens is 1. The minimum absolute atomic E-state index is 0.202. The highest BCUT2D eigenvalue weighted by molar-refractivity contribution is 6.30. The van der Waals surface area contributed by atoms with E-state index in [1.54, 1.807) is 18.3 Å². The molecule has 2 heterocycles. The monoisotopic (exact) mass is 315 g/mol.